The number of nitrogens with zero attached hydrogens (tertiary/aromatic N) is 3. The van der Waals surface area contributed by atoms with Crippen LogP contribution in [0.3, 0.4) is 0 Å². The molecule has 2 heterocycles. The van der Waals surface area contributed by atoms with Crippen LogP contribution in [-0.2, 0) is 12.8 Å². The predicted octanol–water partition coefficient (Wildman–Crippen LogP) is 3.35. The molecule has 2 aromatic heterocycles. The van der Waals surface area contributed by atoms with Crippen LogP contribution in [0.1, 0.15) is 17.7 Å². The third kappa shape index (κ3) is 2.25. The van der Waals surface area contributed by atoms with Crippen molar-refractivity contribution in [3.05, 3.63) is 54.0 Å². The highest BCUT2D eigenvalue weighted by molar-refractivity contribution is 5.72. The summed E-state index contributed by atoms with van der Waals surface area (Å²) in [6.45, 7) is 0. The molecule has 1 N–H and O–H groups in total. The van der Waals surface area contributed by atoms with Crippen LogP contribution in [0.4, 0.5) is 0 Å². The lowest BCUT2D eigenvalue weighted by atomic mass is 10.0. The summed E-state index contributed by atoms with van der Waals surface area (Å²) < 4.78 is 6.55. The van der Waals surface area contributed by atoms with Gasteiger partial charge in [-0.3, -0.25) is 4.98 Å². The van der Waals surface area contributed by atoms with E-state index in [1.54, 1.807) is 19.5 Å². The Morgan fingerprint density at radius 2 is 1.96 bits per heavy atom. The Balaban J connectivity index is 1.94. The van der Waals surface area contributed by atoms with Crippen molar-refractivity contribution in [3.8, 4) is 28.4 Å². The molecule has 0 unspecified atom stereocenters. The number of hydrogen-bond donors (Lipinski definition) is 1. The minimum absolute atomic E-state index is 0.549. The Labute approximate surface area is 134 Å². The first-order chi connectivity index (χ1) is 11.3. The molecular weight excluding hydrogens is 290 g/mol. The van der Waals surface area contributed by atoms with E-state index in [0.717, 1.165) is 47.5 Å². The third-order valence-electron chi connectivity index (χ3n) is 4.30. The van der Waals surface area contributed by atoms with E-state index in [1.165, 1.54) is 10.3 Å². The van der Waals surface area contributed by atoms with Crippen molar-refractivity contribution in [2.45, 2.75) is 19.3 Å². The molecule has 0 aliphatic heterocycles. The molecule has 1 aromatic carbocycles. The first kappa shape index (κ1) is 13.8. The Morgan fingerprint density at radius 1 is 1.13 bits per heavy atom. The second-order valence-corrected chi connectivity index (χ2v) is 5.66. The summed E-state index contributed by atoms with van der Waals surface area (Å²) >= 11 is 0. The van der Waals surface area contributed by atoms with Crippen molar-refractivity contribution in [1.82, 2.24) is 14.7 Å². The fraction of sp³-hybridized carbons (Fsp3) is 0.222. The SMILES string of the molecule is COc1ccc2c(c1)-c1c(nc(-c3ccncc3)n1O)CCC2. The van der Waals surface area contributed by atoms with Crippen LogP contribution >= 0.6 is 0 Å². The molecule has 1 aliphatic rings. The van der Waals surface area contributed by atoms with Crippen LogP contribution in [0.25, 0.3) is 22.6 Å². The van der Waals surface area contributed by atoms with Crippen molar-refractivity contribution in [2.75, 3.05) is 7.11 Å². The maximum Gasteiger partial charge on any atom is 0.176 e. The van der Waals surface area contributed by atoms with Gasteiger partial charge in [0.2, 0.25) is 0 Å². The first-order valence-corrected chi connectivity index (χ1v) is 7.66. The van der Waals surface area contributed by atoms with Gasteiger partial charge in [0.15, 0.2) is 5.82 Å². The summed E-state index contributed by atoms with van der Waals surface area (Å²) in [5, 5.41) is 10.8. The Morgan fingerprint density at radius 3 is 2.74 bits per heavy atom. The van der Waals surface area contributed by atoms with Gasteiger partial charge in [-0.15, -0.1) is 0 Å². The van der Waals surface area contributed by atoms with E-state index in [1.807, 2.05) is 24.3 Å². The fourth-order valence-electron chi connectivity index (χ4n) is 3.16. The van der Waals surface area contributed by atoms with Crippen molar-refractivity contribution in [2.24, 2.45) is 0 Å². The van der Waals surface area contributed by atoms with E-state index < -0.39 is 0 Å². The number of hydrogen-bond acceptors (Lipinski definition) is 4. The van der Waals surface area contributed by atoms with Gasteiger partial charge in [-0.2, -0.15) is 4.73 Å². The lowest BCUT2D eigenvalue weighted by Gasteiger charge is -2.10. The summed E-state index contributed by atoms with van der Waals surface area (Å²) in [5.74, 6) is 1.33. The van der Waals surface area contributed by atoms with Crippen LogP contribution < -0.4 is 4.74 Å². The molecule has 0 spiro atoms. The second-order valence-electron chi connectivity index (χ2n) is 5.66. The molecule has 3 aromatic rings. The molecule has 0 atom stereocenters. The number of ether oxygens (including phenoxy) is 1. The molecule has 0 radical (unpaired) electrons. The molecule has 5 nitrogen and oxygen atoms in total. The van der Waals surface area contributed by atoms with Gasteiger partial charge in [0.05, 0.1) is 12.8 Å². The van der Waals surface area contributed by atoms with Crippen LogP contribution in [0.5, 0.6) is 5.75 Å². The average Bonchev–Trinajstić information content (AvgIpc) is 2.81. The number of benzene rings is 1. The van der Waals surface area contributed by atoms with E-state index in [4.69, 9.17) is 4.74 Å². The molecule has 23 heavy (non-hydrogen) atoms. The van der Waals surface area contributed by atoms with Crippen molar-refractivity contribution < 1.29 is 9.94 Å². The zero-order valence-corrected chi connectivity index (χ0v) is 12.9. The molecule has 116 valence electrons. The third-order valence-corrected chi connectivity index (χ3v) is 4.30. The van der Waals surface area contributed by atoms with Gasteiger partial charge in [-0.1, -0.05) is 6.07 Å². The van der Waals surface area contributed by atoms with Gasteiger partial charge in [-0.05, 0) is 49.1 Å². The standard InChI is InChI=1S/C18H17N3O2/c1-23-14-6-5-12-3-2-4-16-17(15(12)11-14)21(22)18(20-16)13-7-9-19-10-8-13/h5-11,22H,2-4H2,1H3. The van der Waals surface area contributed by atoms with E-state index in [9.17, 15) is 5.21 Å². The number of imidazole rings is 1. The van der Waals surface area contributed by atoms with Gasteiger partial charge in [0, 0.05) is 23.5 Å². The van der Waals surface area contributed by atoms with E-state index in [0.29, 0.717) is 5.82 Å². The van der Waals surface area contributed by atoms with Crippen LogP contribution in [-0.4, -0.2) is 27.0 Å². The molecule has 0 fully saturated rings. The Kier molecular flexibility index (Phi) is 3.26. The predicted molar refractivity (Wildman–Crippen MR) is 86.7 cm³/mol. The van der Waals surface area contributed by atoms with E-state index >= 15 is 0 Å². The highest BCUT2D eigenvalue weighted by atomic mass is 16.5. The number of aromatic nitrogens is 3. The summed E-state index contributed by atoms with van der Waals surface area (Å²) in [4.78, 5) is 8.70. The number of rotatable bonds is 2. The molecular formula is C18H17N3O2. The Bertz CT molecular complexity index is 856. The lowest BCUT2D eigenvalue weighted by Crippen LogP contribution is -1.99. The monoisotopic (exact) mass is 307 g/mol. The molecule has 0 saturated carbocycles. The molecule has 0 amide bonds. The second kappa shape index (κ2) is 5.43. The lowest BCUT2D eigenvalue weighted by molar-refractivity contribution is 0.195. The number of aryl methyl sites for hydroxylation is 2. The largest absolute Gasteiger partial charge is 0.497 e. The van der Waals surface area contributed by atoms with Gasteiger partial charge in [0.25, 0.3) is 0 Å². The number of methoxy groups -OCH3 is 1. The van der Waals surface area contributed by atoms with Crippen LogP contribution in [0.2, 0.25) is 0 Å². The number of pyridine rings is 1. The van der Waals surface area contributed by atoms with E-state index in [-0.39, 0.29) is 0 Å². The topological polar surface area (TPSA) is 60.2 Å². The fourth-order valence-corrected chi connectivity index (χ4v) is 3.16. The summed E-state index contributed by atoms with van der Waals surface area (Å²) in [6.07, 6.45) is 6.23. The van der Waals surface area contributed by atoms with Gasteiger partial charge < -0.3 is 9.94 Å². The first-order valence-electron chi connectivity index (χ1n) is 7.66. The van der Waals surface area contributed by atoms with Crippen molar-refractivity contribution in [1.29, 1.82) is 0 Å². The number of fused-ring (bicyclic) bond motifs is 3. The highest BCUT2D eigenvalue weighted by Crippen LogP contribution is 2.36. The maximum absolute atomic E-state index is 10.8. The highest BCUT2D eigenvalue weighted by Gasteiger charge is 2.24. The zero-order chi connectivity index (χ0) is 15.8. The van der Waals surface area contributed by atoms with Crippen LogP contribution in [0, 0.1) is 0 Å². The van der Waals surface area contributed by atoms with Crippen LogP contribution in [0.15, 0.2) is 42.7 Å². The van der Waals surface area contributed by atoms with Crippen molar-refractivity contribution >= 4 is 0 Å². The molecule has 0 bridgehead atoms. The van der Waals surface area contributed by atoms with Gasteiger partial charge >= 0.3 is 0 Å². The Hall–Kier alpha value is -2.82. The van der Waals surface area contributed by atoms with Crippen molar-refractivity contribution in [3.63, 3.8) is 0 Å². The summed E-state index contributed by atoms with van der Waals surface area (Å²) in [7, 11) is 1.65. The summed E-state index contributed by atoms with van der Waals surface area (Å²) in [5.41, 5.74) is 4.74. The average molecular weight is 307 g/mol. The molecule has 1 aliphatic carbocycles. The quantitative estimate of drug-likeness (QED) is 0.738. The maximum atomic E-state index is 10.8. The molecule has 0 saturated heterocycles. The van der Waals surface area contributed by atoms with Gasteiger partial charge in [0.1, 0.15) is 11.4 Å². The minimum Gasteiger partial charge on any atom is -0.497 e. The smallest absolute Gasteiger partial charge is 0.176 e. The summed E-state index contributed by atoms with van der Waals surface area (Å²) in [6, 6.07) is 9.71. The minimum atomic E-state index is 0.549. The molecule has 4 rings (SSSR count). The molecule has 5 heteroatoms. The van der Waals surface area contributed by atoms with E-state index in [2.05, 4.69) is 16.0 Å². The normalized spacial score (nSPS) is 13.1. The van der Waals surface area contributed by atoms with Gasteiger partial charge in [-0.25, -0.2) is 4.98 Å². The zero-order valence-electron chi connectivity index (χ0n) is 12.9.